The second-order valence-electron chi connectivity index (χ2n) is 4.13. The molecule has 0 unspecified atom stereocenters. The molecule has 0 fully saturated rings. The van der Waals surface area contributed by atoms with E-state index in [1.54, 1.807) is 19.2 Å². The Morgan fingerprint density at radius 3 is 2.63 bits per heavy atom. The summed E-state index contributed by atoms with van der Waals surface area (Å²) in [6.07, 6.45) is 1.52. The Kier molecular flexibility index (Phi) is 4.06. The summed E-state index contributed by atoms with van der Waals surface area (Å²) in [6, 6.07) is 7.33. The number of nitrogens with zero attached hydrogens (tertiary/aromatic N) is 3. The van der Waals surface area contributed by atoms with Gasteiger partial charge in [-0.25, -0.2) is 9.97 Å². The third kappa shape index (κ3) is 3.26. The van der Waals surface area contributed by atoms with Gasteiger partial charge in [-0.05, 0) is 18.2 Å². The summed E-state index contributed by atoms with van der Waals surface area (Å²) in [5.74, 6) is 2.18. The Bertz CT molecular complexity index is 574. The first-order valence-electron chi connectivity index (χ1n) is 5.70. The van der Waals surface area contributed by atoms with Gasteiger partial charge in [-0.2, -0.15) is 0 Å². The average molecular weight is 279 g/mol. The van der Waals surface area contributed by atoms with E-state index in [4.69, 9.17) is 16.3 Å². The van der Waals surface area contributed by atoms with Crippen molar-refractivity contribution in [2.75, 3.05) is 31.4 Å². The number of hydrogen-bond donors (Lipinski definition) is 1. The summed E-state index contributed by atoms with van der Waals surface area (Å²) in [5.41, 5.74) is 0.842. The van der Waals surface area contributed by atoms with E-state index in [9.17, 15) is 0 Å². The molecule has 0 bridgehead atoms. The number of methoxy groups -OCH3 is 1. The zero-order chi connectivity index (χ0) is 13.8. The minimum atomic E-state index is 0.550. The van der Waals surface area contributed by atoms with E-state index in [0.29, 0.717) is 16.6 Å². The van der Waals surface area contributed by atoms with E-state index >= 15 is 0 Å². The lowest BCUT2D eigenvalue weighted by Gasteiger charge is -2.13. The van der Waals surface area contributed by atoms with Crippen molar-refractivity contribution in [2.45, 2.75) is 0 Å². The standard InChI is InChI=1S/C13H15ClN4O/c1-18(2)13-7-12(15-8-16-13)17-9-4-5-11(19-3)10(14)6-9/h4-8H,1-3H3,(H,15,16,17). The van der Waals surface area contributed by atoms with Crippen molar-refractivity contribution in [3.8, 4) is 5.75 Å². The summed E-state index contributed by atoms with van der Waals surface area (Å²) in [5, 5.41) is 3.72. The SMILES string of the molecule is COc1ccc(Nc2cc(N(C)C)ncn2)cc1Cl. The molecule has 0 aliphatic heterocycles. The van der Waals surface area contributed by atoms with E-state index in [0.717, 1.165) is 11.5 Å². The normalized spacial score (nSPS) is 10.1. The maximum atomic E-state index is 6.07. The van der Waals surface area contributed by atoms with Crippen molar-refractivity contribution < 1.29 is 4.74 Å². The number of nitrogens with one attached hydrogen (secondary N) is 1. The van der Waals surface area contributed by atoms with Gasteiger partial charge in [-0.3, -0.25) is 0 Å². The van der Waals surface area contributed by atoms with Gasteiger partial charge in [0.1, 0.15) is 23.7 Å². The third-order valence-corrected chi connectivity index (χ3v) is 2.83. The first-order valence-corrected chi connectivity index (χ1v) is 6.08. The van der Waals surface area contributed by atoms with Crippen LogP contribution in [0, 0.1) is 0 Å². The Hall–Kier alpha value is -2.01. The van der Waals surface area contributed by atoms with E-state index < -0.39 is 0 Å². The van der Waals surface area contributed by atoms with Gasteiger partial charge in [-0.1, -0.05) is 11.6 Å². The number of rotatable bonds is 4. The van der Waals surface area contributed by atoms with Gasteiger partial charge in [0.15, 0.2) is 0 Å². The Balaban J connectivity index is 2.21. The summed E-state index contributed by atoms with van der Waals surface area (Å²) in [6.45, 7) is 0. The molecule has 0 spiro atoms. The number of anilines is 3. The summed E-state index contributed by atoms with van der Waals surface area (Å²) >= 11 is 6.07. The summed E-state index contributed by atoms with van der Waals surface area (Å²) < 4.78 is 5.11. The molecule has 2 rings (SSSR count). The second-order valence-corrected chi connectivity index (χ2v) is 4.54. The molecular weight excluding hydrogens is 264 g/mol. The molecule has 0 saturated carbocycles. The van der Waals surface area contributed by atoms with Crippen molar-refractivity contribution in [1.29, 1.82) is 0 Å². The molecule has 19 heavy (non-hydrogen) atoms. The molecule has 0 aliphatic carbocycles. The molecule has 0 atom stereocenters. The van der Waals surface area contributed by atoms with Crippen LogP contribution in [-0.4, -0.2) is 31.2 Å². The van der Waals surface area contributed by atoms with Crippen molar-refractivity contribution in [1.82, 2.24) is 9.97 Å². The number of hydrogen-bond acceptors (Lipinski definition) is 5. The molecule has 2 aromatic rings. The fourth-order valence-corrected chi connectivity index (χ4v) is 1.81. The predicted molar refractivity (Wildman–Crippen MR) is 77.6 cm³/mol. The van der Waals surface area contributed by atoms with Crippen LogP contribution in [0.25, 0.3) is 0 Å². The average Bonchev–Trinajstić information content (AvgIpc) is 2.39. The predicted octanol–water partition coefficient (Wildman–Crippen LogP) is 2.95. The fraction of sp³-hybridized carbons (Fsp3) is 0.231. The van der Waals surface area contributed by atoms with Gasteiger partial charge in [0.2, 0.25) is 0 Å². The van der Waals surface area contributed by atoms with Crippen molar-refractivity contribution in [2.24, 2.45) is 0 Å². The molecule has 1 N–H and O–H groups in total. The van der Waals surface area contributed by atoms with Gasteiger partial charge in [0.25, 0.3) is 0 Å². The molecule has 1 aromatic heterocycles. The smallest absolute Gasteiger partial charge is 0.137 e. The van der Waals surface area contributed by atoms with Gasteiger partial charge in [-0.15, -0.1) is 0 Å². The third-order valence-electron chi connectivity index (χ3n) is 2.54. The molecule has 0 aliphatic rings. The van der Waals surface area contributed by atoms with E-state index in [1.807, 2.05) is 31.1 Å². The molecule has 100 valence electrons. The largest absolute Gasteiger partial charge is 0.495 e. The molecule has 1 aromatic carbocycles. The van der Waals surface area contributed by atoms with Gasteiger partial charge in [0.05, 0.1) is 12.1 Å². The monoisotopic (exact) mass is 278 g/mol. The van der Waals surface area contributed by atoms with Crippen LogP contribution in [0.2, 0.25) is 5.02 Å². The minimum Gasteiger partial charge on any atom is -0.495 e. The molecule has 5 nitrogen and oxygen atoms in total. The molecule has 0 saturated heterocycles. The van der Waals surface area contributed by atoms with Crippen molar-refractivity contribution >= 4 is 28.9 Å². The van der Waals surface area contributed by atoms with Crippen LogP contribution in [0.15, 0.2) is 30.6 Å². The number of aromatic nitrogens is 2. The molecule has 6 heteroatoms. The highest BCUT2D eigenvalue weighted by Crippen LogP contribution is 2.28. The van der Waals surface area contributed by atoms with E-state index in [2.05, 4.69) is 15.3 Å². The molecule has 0 radical (unpaired) electrons. The Morgan fingerprint density at radius 2 is 2.00 bits per heavy atom. The first-order chi connectivity index (χ1) is 9.10. The lowest BCUT2D eigenvalue weighted by Crippen LogP contribution is -2.11. The number of ether oxygens (including phenoxy) is 1. The zero-order valence-electron chi connectivity index (χ0n) is 11.0. The van der Waals surface area contributed by atoms with Gasteiger partial charge < -0.3 is 15.0 Å². The van der Waals surface area contributed by atoms with Crippen LogP contribution in [0.5, 0.6) is 5.75 Å². The van der Waals surface area contributed by atoms with E-state index in [1.165, 1.54) is 6.33 Å². The highest BCUT2D eigenvalue weighted by Gasteiger charge is 2.04. The first kappa shape index (κ1) is 13.4. The topological polar surface area (TPSA) is 50.3 Å². The lowest BCUT2D eigenvalue weighted by atomic mass is 10.3. The van der Waals surface area contributed by atoms with E-state index in [-0.39, 0.29) is 0 Å². The molecule has 1 heterocycles. The molecular formula is C13H15ClN4O. The van der Waals surface area contributed by atoms with Crippen LogP contribution >= 0.6 is 11.6 Å². The van der Waals surface area contributed by atoms with Crippen molar-refractivity contribution in [3.63, 3.8) is 0 Å². The minimum absolute atomic E-state index is 0.550. The molecule has 0 amide bonds. The maximum Gasteiger partial charge on any atom is 0.137 e. The Labute approximate surface area is 117 Å². The fourth-order valence-electron chi connectivity index (χ4n) is 1.55. The number of benzene rings is 1. The number of halogens is 1. The van der Waals surface area contributed by atoms with Gasteiger partial charge >= 0.3 is 0 Å². The van der Waals surface area contributed by atoms with Crippen LogP contribution in [0.4, 0.5) is 17.3 Å². The quantitative estimate of drug-likeness (QED) is 0.932. The summed E-state index contributed by atoms with van der Waals surface area (Å²) in [4.78, 5) is 10.2. The van der Waals surface area contributed by atoms with Crippen LogP contribution in [0.1, 0.15) is 0 Å². The van der Waals surface area contributed by atoms with Gasteiger partial charge in [0, 0.05) is 25.8 Å². The van der Waals surface area contributed by atoms with Crippen LogP contribution in [-0.2, 0) is 0 Å². The zero-order valence-corrected chi connectivity index (χ0v) is 11.8. The highest BCUT2D eigenvalue weighted by molar-refractivity contribution is 6.32. The lowest BCUT2D eigenvalue weighted by molar-refractivity contribution is 0.415. The second kappa shape index (κ2) is 5.75. The van der Waals surface area contributed by atoms with Crippen LogP contribution in [0.3, 0.4) is 0 Å². The van der Waals surface area contributed by atoms with Crippen molar-refractivity contribution in [3.05, 3.63) is 35.6 Å². The summed E-state index contributed by atoms with van der Waals surface area (Å²) in [7, 11) is 5.44. The Morgan fingerprint density at radius 1 is 1.21 bits per heavy atom. The van der Waals surface area contributed by atoms with Crippen LogP contribution < -0.4 is 15.0 Å². The maximum absolute atomic E-state index is 6.07. The highest BCUT2D eigenvalue weighted by atomic mass is 35.5.